The van der Waals surface area contributed by atoms with Gasteiger partial charge in [0.2, 0.25) is 5.54 Å². The molecular weight excluding hydrogens is 680 g/mol. The smallest absolute Gasteiger partial charge is 0.372 e. The molecule has 52 heavy (non-hydrogen) atoms. The van der Waals surface area contributed by atoms with Crippen LogP contribution in [0.1, 0.15) is 120 Å². The molecule has 2 aliphatic heterocycles. The highest BCUT2D eigenvalue weighted by Gasteiger charge is 2.78. The molecule has 2 N–H and O–H groups in total. The van der Waals surface area contributed by atoms with E-state index < -0.39 is 40.4 Å². The lowest BCUT2D eigenvalue weighted by Crippen LogP contribution is -2.71. The van der Waals surface area contributed by atoms with E-state index in [4.69, 9.17) is 21.2 Å². The number of anilines is 2. The Morgan fingerprint density at radius 1 is 1.04 bits per heavy atom. The van der Waals surface area contributed by atoms with Gasteiger partial charge in [-0.3, -0.25) is 19.7 Å². The summed E-state index contributed by atoms with van der Waals surface area (Å²) in [5, 5.41) is 6.43. The van der Waals surface area contributed by atoms with Crippen LogP contribution in [-0.2, 0) is 24.0 Å². The Labute approximate surface area is 315 Å². The van der Waals surface area contributed by atoms with E-state index in [1.807, 2.05) is 26.0 Å². The summed E-state index contributed by atoms with van der Waals surface area (Å²) < 4.78 is 6.82. The molecule has 1 aromatic rings. The van der Waals surface area contributed by atoms with Crippen molar-refractivity contribution < 1.29 is 28.8 Å². The largest absolute Gasteiger partial charge is 0.438 e. The van der Waals surface area contributed by atoms with Gasteiger partial charge >= 0.3 is 6.09 Å². The zero-order valence-electron chi connectivity index (χ0n) is 33.0. The van der Waals surface area contributed by atoms with Gasteiger partial charge in [-0.25, -0.2) is 4.79 Å². The SMILES string of the molecule is CCC1=C(Cl)C(=O)C=C(NC(=O)C2(CC)OC23CCC(C(C)(C)CC)CC3C(C)(C)CC)C12C(=O)NC(=O)ON2c1ccc(N(CC)CC)cc1C. The first-order chi connectivity index (χ1) is 24.4. The number of epoxide rings is 1. The van der Waals surface area contributed by atoms with Crippen LogP contribution >= 0.6 is 11.6 Å². The number of ketones is 1. The lowest BCUT2D eigenvalue weighted by atomic mass is 9.54. The molecule has 2 saturated heterocycles. The zero-order valence-corrected chi connectivity index (χ0v) is 33.8. The van der Waals surface area contributed by atoms with Gasteiger partial charge in [0, 0.05) is 24.9 Å². The van der Waals surface area contributed by atoms with Crippen LogP contribution in [0.3, 0.4) is 0 Å². The number of aryl methyl sites for hydroxylation is 1. The molecule has 3 amide bonds. The van der Waals surface area contributed by atoms with Crippen molar-refractivity contribution in [3.63, 3.8) is 0 Å². The van der Waals surface area contributed by atoms with Crippen LogP contribution in [0.15, 0.2) is 40.6 Å². The number of nitrogens with one attached hydrogen (secondary N) is 2. The van der Waals surface area contributed by atoms with Crippen LogP contribution in [0.2, 0.25) is 0 Å². The Hall–Kier alpha value is -3.37. The summed E-state index contributed by atoms with van der Waals surface area (Å²) in [6, 6.07) is 5.65. The van der Waals surface area contributed by atoms with E-state index in [2.05, 4.69) is 70.9 Å². The quantitative estimate of drug-likeness (QED) is 0.206. The first-order valence-corrected chi connectivity index (χ1v) is 19.6. The van der Waals surface area contributed by atoms with Gasteiger partial charge in [-0.15, -0.1) is 0 Å². The Kier molecular flexibility index (Phi) is 10.8. The minimum atomic E-state index is -1.98. The van der Waals surface area contributed by atoms with Crippen molar-refractivity contribution >= 4 is 46.7 Å². The maximum atomic E-state index is 15.0. The van der Waals surface area contributed by atoms with Gasteiger partial charge in [0.1, 0.15) is 5.60 Å². The molecule has 1 aromatic carbocycles. The summed E-state index contributed by atoms with van der Waals surface area (Å²) in [5.74, 6) is -1.19. The molecule has 10 nitrogen and oxygen atoms in total. The third kappa shape index (κ3) is 5.96. The van der Waals surface area contributed by atoms with Gasteiger partial charge in [-0.05, 0) is 105 Å². The highest BCUT2D eigenvalue weighted by Crippen LogP contribution is 2.67. The van der Waals surface area contributed by atoms with Gasteiger partial charge in [-0.2, -0.15) is 5.06 Å². The molecule has 2 heterocycles. The lowest BCUT2D eigenvalue weighted by molar-refractivity contribution is -0.129. The summed E-state index contributed by atoms with van der Waals surface area (Å²) in [6.07, 6.45) is 5.34. The van der Waals surface area contributed by atoms with Gasteiger partial charge in [-0.1, -0.05) is 79.8 Å². The van der Waals surface area contributed by atoms with E-state index in [0.29, 0.717) is 23.6 Å². The lowest BCUT2D eigenvalue weighted by Gasteiger charge is -2.49. The molecular formula is C41H59ClN4O6. The van der Waals surface area contributed by atoms with Gasteiger partial charge in [0.05, 0.1) is 16.4 Å². The minimum Gasteiger partial charge on any atom is -0.372 e. The molecule has 0 radical (unpaired) electrons. The van der Waals surface area contributed by atoms with E-state index in [-0.39, 0.29) is 39.5 Å². The van der Waals surface area contributed by atoms with Crippen LogP contribution < -0.4 is 20.6 Å². The fourth-order valence-electron chi connectivity index (χ4n) is 9.37. The van der Waals surface area contributed by atoms with Crippen molar-refractivity contribution in [2.75, 3.05) is 23.1 Å². The maximum absolute atomic E-state index is 15.0. The Morgan fingerprint density at radius 3 is 2.25 bits per heavy atom. The standard InChI is InChI=1S/C41H59ClN4O6/c1-12-28-33(42)30(47)24-32(41(28)35(49)44-36(50)51-46(41)29-19-18-27(22-25(29)7)45(16-5)17-6)43-34(48)39(15-4)40(52-39)21-20-26(37(8,9)13-2)23-31(40)38(10,11)14-3/h18-19,22,24,26,31H,12-17,20-21,23H2,1-11H3,(H,43,48)(H,44,49,50). The summed E-state index contributed by atoms with van der Waals surface area (Å²) in [6.45, 7) is 24.9. The summed E-state index contributed by atoms with van der Waals surface area (Å²) in [4.78, 5) is 64.0. The first-order valence-electron chi connectivity index (χ1n) is 19.3. The van der Waals surface area contributed by atoms with Crippen LogP contribution in [0, 0.1) is 29.6 Å². The number of rotatable bonds is 12. The van der Waals surface area contributed by atoms with Crippen LogP contribution in [0.4, 0.5) is 16.2 Å². The Bertz CT molecular complexity index is 1700. The van der Waals surface area contributed by atoms with E-state index in [9.17, 15) is 19.2 Å². The Morgan fingerprint density at radius 2 is 1.69 bits per heavy atom. The second-order valence-electron chi connectivity index (χ2n) is 16.4. The van der Waals surface area contributed by atoms with Crippen molar-refractivity contribution in [1.82, 2.24) is 10.6 Å². The number of halogens is 1. The zero-order chi connectivity index (χ0) is 38.6. The van der Waals surface area contributed by atoms with Crippen molar-refractivity contribution in [2.24, 2.45) is 22.7 Å². The molecule has 0 aromatic heterocycles. The number of carbonyl (C=O) groups excluding carboxylic acids is 4. The van der Waals surface area contributed by atoms with Crippen LogP contribution in [-0.4, -0.2) is 53.5 Å². The maximum Gasteiger partial charge on any atom is 0.438 e. The number of hydrogen-bond acceptors (Lipinski definition) is 8. The van der Waals surface area contributed by atoms with E-state index in [0.717, 1.165) is 50.9 Å². The van der Waals surface area contributed by atoms with Gasteiger partial charge in [0.15, 0.2) is 11.4 Å². The summed E-state index contributed by atoms with van der Waals surface area (Å²) >= 11 is 6.74. The number of allylic oxidation sites excluding steroid dienone is 2. The second-order valence-corrected chi connectivity index (χ2v) is 16.8. The fourth-order valence-corrected chi connectivity index (χ4v) is 9.69. The number of carbonyl (C=O) groups is 4. The number of ether oxygens (including phenoxy) is 1. The molecule has 5 unspecified atom stereocenters. The predicted molar refractivity (Wildman–Crippen MR) is 205 cm³/mol. The first kappa shape index (κ1) is 39.8. The highest BCUT2D eigenvalue weighted by atomic mass is 35.5. The predicted octanol–water partition coefficient (Wildman–Crippen LogP) is 8.26. The number of hydrogen-bond donors (Lipinski definition) is 2. The molecule has 2 spiro atoms. The summed E-state index contributed by atoms with van der Waals surface area (Å²) in [7, 11) is 0. The molecule has 11 heteroatoms. The fraction of sp³-hybridized carbons (Fsp3) is 0.659. The van der Waals surface area contributed by atoms with Gasteiger partial charge < -0.3 is 19.8 Å². The molecule has 3 fully saturated rings. The Balaban J connectivity index is 1.62. The molecule has 1 saturated carbocycles. The van der Waals surface area contributed by atoms with Crippen molar-refractivity contribution in [3.05, 3.63) is 46.1 Å². The van der Waals surface area contributed by atoms with Crippen molar-refractivity contribution in [2.45, 2.75) is 138 Å². The summed E-state index contributed by atoms with van der Waals surface area (Å²) in [5.41, 5.74) is -1.59. The molecule has 2 aliphatic carbocycles. The number of amides is 3. The molecule has 0 bridgehead atoms. The third-order valence-electron chi connectivity index (χ3n) is 13.4. The average Bonchev–Trinajstić information content (AvgIpc) is 3.76. The number of benzene rings is 1. The molecule has 4 aliphatic rings. The van der Waals surface area contributed by atoms with E-state index >= 15 is 0 Å². The number of hydroxylamine groups is 1. The monoisotopic (exact) mass is 738 g/mol. The topological polar surface area (TPSA) is 121 Å². The minimum absolute atomic E-state index is 0.0356. The third-order valence-corrected chi connectivity index (χ3v) is 13.8. The van der Waals surface area contributed by atoms with E-state index in [1.54, 1.807) is 13.0 Å². The highest BCUT2D eigenvalue weighted by molar-refractivity contribution is 6.46. The van der Waals surface area contributed by atoms with Gasteiger partial charge in [0.25, 0.3) is 11.8 Å². The molecule has 286 valence electrons. The van der Waals surface area contributed by atoms with Crippen LogP contribution in [0.5, 0.6) is 0 Å². The molecule has 5 atom stereocenters. The van der Waals surface area contributed by atoms with Crippen LogP contribution in [0.25, 0.3) is 0 Å². The number of imide groups is 1. The van der Waals surface area contributed by atoms with Crippen molar-refractivity contribution in [3.8, 4) is 0 Å². The normalized spacial score (nSPS) is 29.3. The molecule has 5 rings (SSSR count). The second kappa shape index (κ2) is 14.1. The number of nitrogens with zero attached hydrogens (tertiary/aromatic N) is 2. The van der Waals surface area contributed by atoms with Crippen molar-refractivity contribution in [1.29, 1.82) is 0 Å². The average molecular weight is 739 g/mol. The van der Waals surface area contributed by atoms with E-state index in [1.165, 1.54) is 11.1 Å².